The molecule has 8 aromatic rings. The Kier molecular flexibility index (Phi) is 10.2. The van der Waals surface area contributed by atoms with Gasteiger partial charge in [-0.1, -0.05) is 194 Å². The maximum atomic E-state index is 12.6. The van der Waals surface area contributed by atoms with Gasteiger partial charge >= 0.3 is 0 Å². The number of hydrogen-bond donors (Lipinski definition) is 1. The number of phenolic OH excluding ortho intramolecular Hbond substituents is 1. The summed E-state index contributed by atoms with van der Waals surface area (Å²) >= 11 is 0. The molecule has 0 amide bonds. The summed E-state index contributed by atoms with van der Waals surface area (Å²) in [5, 5.41) is 12.6. The second kappa shape index (κ2) is 19.2. The van der Waals surface area contributed by atoms with Crippen molar-refractivity contribution >= 4 is 11.0 Å². The third-order valence-corrected chi connectivity index (χ3v) is 13.2. The fraction of sp³-hybridized carbons (Fsp3) is 0.354. The van der Waals surface area contributed by atoms with Crippen molar-refractivity contribution in [3.05, 3.63) is 166 Å². The number of rotatable bonds is 8. The van der Waals surface area contributed by atoms with Gasteiger partial charge in [-0.05, 0) is 121 Å². The maximum Gasteiger partial charge on any atom is 0.148 e. The first-order valence-corrected chi connectivity index (χ1v) is 23.8. The molecule has 2 aromatic heterocycles. The molecule has 5 heteroatoms. The topological polar surface area (TPSA) is 50.9 Å². The number of fused-ring (bicyclic) bond motifs is 1. The van der Waals surface area contributed by atoms with Crippen molar-refractivity contribution in [1.29, 1.82) is 0 Å². The van der Waals surface area contributed by atoms with Crippen molar-refractivity contribution in [1.82, 2.24) is 14.5 Å². The van der Waals surface area contributed by atoms with Crippen molar-refractivity contribution in [3.8, 4) is 67.5 Å². The van der Waals surface area contributed by atoms with Gasteiger partial charge in [0.1, 0.15) is 11.6 Å². The van der Waals surface area contributed by atoms with Gasteiger partial charge in [-0.3, -0.25) is 9.55 Å². The summed E-state index contributed by atoms with van der Waals surface area (Å²) in [6.45, 7) is 13.7. The fourth-order valence-corrected chi connectivity index (χ4v) is 9.18. The van der Waals surface area contributed by atoms with Crippen molar-refractivity contribution in [3.63, 3.8) is 0 Å². The maximum absolute atomic E-state index is 12.6. The van der Waals surface area contributed by atoms with E-state index < -0.39 is 49.5 Å². The normalized spacial score (nSPS) is 16.2. The summed E-state index contributed by atoms with van der Waals surface area (Å²) < 4.78 is 113. The third kappa shape index (κ3) is 10.3. The van der Waals surface area contributed by atoms with Crippen molar-refractivity contribution < 1.29 is 44.0 Å². The minimum absolute atomic E-state index is 0. The van der Waals surface area contributed by atoms with E-state index >= 15 is 0 Å². The summed E-state index contributed by atoms with van der Waals surface area (Å²) in [6, 6.07) is 38.0. The Bertz CT molecular complexity index is 3690. The van der Waals surface area contributed by atoms with E-state index in [9.17, 15) is 10.6 Å². The molecule has 366 valence electrons. The molecule has 0 unspecified atom stereocenters. The summed E-state index contributed by atoms with van der Waals surface area (Å²) in [5.74, 6) is -0.599. The summed E-state index contributed by atoms with van der Waals surface area (Å²) in [4.78, 5) is 10.3. The van der Waals surface area contributed by atoms with E-state index in [0.717, 1.165) is 27.8 Å². The Balaban J connectivity index is 0.00000990. The zero-order valence-electron chi connectivity index (χ0n) is 55.7. The Morgan fingerprint density at radius 1 is 0.614 bits per heavy atom. The molecule has 1 N–H and O–H groups in total. The molecule has 6 aromatic carbocycles. The first-order valence-electron chi connectivity index (χ1n) is 30.3. The van der Waals surface area contributed by atoms with E-state index in [1.165, 1.54) is 24.3 Å². The molecule has 0 aliphatic heterocycles. The molecule has 0 saturated heterocycles. The largest absolute Gasteiger partial charge is 0.507 e. The molecular formula is C65H74N3OPt-. The van der Waals surface area contributed by atoms with Crippen LogP contribution in [0.2, 0.25) is 0 Å². The molecular weight excluding hydrogens is 1030 g/mol. The van der Waals surface area contributed by atoms with Gasteiger partial charge < -0.3 is 5.11 Å². The molecule has 0 aliphatic rings. The van der Waals surface area contributed by atoms with Gasteiger partial charge in [0.25, 0.3) is 0 Å². The summed E-state index contributed by atoms with van der Waals surface area (Å²) in [7, 11) is 0. The molecule has 70 heavy (non-hydrogen) atoms. The number of para-hydroxylation sites is 1. The zero-order valence-corrected chi connectivity index (χ0v) is 45.0. The fourth-order valence-electron chi connectivity index (χ4n) is 9.18. The smallest absolute Gasteiger partial charge is 0.148 e. The van der Waals surface area contributed by atoms with E-state index in [4.69, 9.17) is 22.3 Å². The third-order valence-electron chi connectivity index (χ3n) is 13.2. The number of aryl methyl sites for hydroxylation is 1. The summed E-state index contributed by atoms with van der Waals surface area (Å²) in [6.07, 6.45) is 1.62. The summed E-state index contributed by atoms with van der Waals surface area (Å²) in [5.41, 5.74) is 6.59. The molecule has 8 rings (SSSR count). The van der Waals surface area contributed by atoms with Crippen LogP contribution in [0, 0.1) is 12.9 Å². The van der Waals surface area contributed by atoms with Crippen LogP contribution in [0.25, 0.3) is 72.7 Å². The van der Waals surface area contributed by atoms with Gasteiger partial charge in [0.05, 0.1) is 22.3 Å². The van der Waals surface area contributed by atoms with E-state index in [2.05, 4.69) is 67.5 Å². The van der Waals surface area contributed by atoms with Crippen LogP contribution in [-0.4, -0.2) is 19.6 Å². The van der Waals surface area contributed by atoms with Crippen LogP contribution in [0.3, 0.4) is 0 Å². The predicted octanol–water partition coefficient (Wildman–Crippen LogP) is 18.0. The van der Waals surface area contributed by atoms with E-state index in [-0.39, 0.29) is 49.3 Å². The molecule has 0 bridgehead atoms. The Morgan fingerprint density at radius 2 is 1.26 bits per heavy atom. The van der Waals surface area contributed by atoms with E-state index in [1.807, 2.05) is 112 Å². The number of aromatic nitrogens is 3. The van der Waals surface area contributed by atoms with Crippen molar-refractivity contribution in [2.75, 3.05) is 0 Å². The van der Waals surface area contributed by atoms with Crippen LogP contribution in [0.5, 0.6) is 5.75 Å². The SMILES string of the molecule is [2H]C([2H])([2H])c1cc(-c2c(C(C)C)cccc2C([2H])(C)C)ccc1-n1c(-c2cc(C(C)(C)C)cc(C(C)(C)C)c2O)nc2c(-c3[c-]c(-c4cc(-c5ccc(C(C([2H])([2H])[2H])(C([2H])([2H])[2H])C([2H])([2H])[2H])cc5)ccn4)cc(C(C)(C)C)c3)cccc21.[Pt]. The molecule has 0 radical (unpaired) electrons. The monoisotopic (exact) mass is 1120 g/mol. The predicted molar refractivity (Wildman–Crippen MR) is 294 cm³/mol. The van der Waals surface area contributed by atoms with E-state index in [0.29, 0.717) is 72.7 Å². The van der Waals surface area contributed by atoms with Gasteiger partial charge in [0, 0.05) is 56.3 Å². The van der Waals surface area contributed by atoms with Gasteiger partial charge in [-0.2, -0.15) is 0 Å². The van der Waals surface area contributed by atoms with Gasteiger partial charge in [0.2, 0.25) is 0 Å². The molecule has 0 atom stereocenters. The number of pyridine rings is 1. The average molecular weight is 1120 g/mol. The number of phenols is 1. The number of imidazole rings is 1. The Hall–Kier alpha value is -5.57. The van der Waals surface area contributed by atoms with Gasteiger partial charge in [-0.15, -0.1) is 29.3 Å². The van der Waals surface area contributed by atoms with E-state index in [1.54, 1.807) is 18.3 Å². The molecule has 0 spiro atoms. The molecule has 2 heterocycles. The Morgan fingerprint density at radius 3 is 1.89 bits per heavy atom. The number of aromatic hydroxyl groups is 1. The first kappa shape index (κ1) is 37.2. The quantitative estimate of drug-likeness (QED) is 0.154. The number of benzene rings is 6. The molecule has 0 saturated carbocycles. The van der Waals surface area contributed by atoms with Crippen LogP contribution in [0.4, 0.5) is 0 Å². The second-order valence-corrected chi connectivity index (χ2v) is 22.2. The van der Waals surface area contributed by atoms with Crippen LogP contribution in [0.1, 0.15) is 179 Å². The molecule has 0 fully saturated rings. The van der Waals surface area contributed by atoms with Crippen LogP contribution < -0.4 is 0 Å². The average Bonchev–Trinajstić information content (AvgIpc) is 3.55. The van der Waals surface area contributed by atoms with Gasteiger partial charge in [-0.25, -0.2) is 4.98 Å². The first-order chi connectivity index (χ1) is 37.5. The van der Waals surface area contributed by atoms with Gasteiger partial charge in [0.15, 0.2) is 0 Å². The van der Waals surface area contributed by atoms with Crippen LogP contribution >= 0.6 is 0 Å². The van der Waals surface area contributed by atoms with Crippen molar-refractivity contribution in [2.24, 2.45) is 0 Å². The minimum Gasteiger partial charge on any atom is -0.507 e. The van der Waals surface area contributed by atoms with Crippen molar-refractivity contribution in [2.45, 2.75) is 151 Å². The van der Waals surface area contributed by atoms with Crippen LogP contribution in [0.15, 0.2) is 121 Å². The molecule has 0 aliphatic carbocycles. The number of hydrogen-bond acceptors (Lipinski definition) is 3. The molecule has 4 nitrogen and oxygen atoms in total. The second-order valence-electron chi connectivity index (χ2n) is 22.2. The minimum atomic E-state index is -3.41. The Labute approximate surface area is 452 Å². The van der Waals surface area contributed by atoms with Crippen LogP contribution in [-0.2, 0) is 42.7 Å². The number of nitrogens with zero attached hydrogens (tertiary/aromatic N) is 3. The zero-order chi connectivity index (χ0) is 61.0. The standard InChI is InChI=1S/C65H74N3O.Pt/c1-39(2)50-20-18-21-51(40(3)4)58(50)44-26-29-56(41(5)32-44)68-57-23-19-22-52(59(57)67-61(68)53-37-49(64(12,13)14)38-54(60(53)69)65(15,16)17)45-33-46(35-48(34-45)63(9,10)11)55-36-43(30-31-66-55)42-24-27-47(28-25-42)62(6,7)8;/h18-32,34-40,69H,1-17H3;/q-1;/i5D3,6D3,7D3,8D3,39D;.